The monoisotopic (exact) mass is 201 g/mol. The predicted octanol–water partition coefficient (Wildman–Crippen LogP) is 1.57. The van der Waals surface area contributed by atoms with Crippen LogP contribution in [0.3, 0.4) is 0 Å². The van der Waals surface area contributed by atoms with E-state index in [-0.39, 0.29) is 5.60 Å². The molecule has 1 aliphatic carbocycles. The van der Waals surface area contributed by atoms with Crippen molar-refractivity contribution < 1.29 is 9.47 Å². The Morgan fingerprint density at radius 2 is 1.93 bits per heavy atom. The lowest BCUT2D eigenvalue weighted by atomic mass is 10.0. The number of ether oxygens (including phenoxy) is 2. The van der Waals surface area contributed by atoms with Crippen LogP contribution in [0.4, 0.5) is 0 Å². The van der Waals surface area contributed by atoms with E-state index in [9.17, 15) is 0 Å². The highest BCUT2D eigenvalue weighted by molar-refractivity contribution is 4.88. The van der Waals surface area contributed by atoms with Gasteiger partial charge in [-0.25, -0.2) is 0 Å². The Labute approximate surface area is 87.2 Å². The average Bonchev–Trinajstić information content (AvgIpc) is 2.63. The number of methoxy groups -OCH3 is 1. The molecule has 1 N–H and O–H groups in total. The minimum absolute atomic E-state index is 0.127. The van der Waals surface area contributed by atoms with Gasteiger partial charge in [0.1, 0.15) is 0 Å². The number of likely N-dealkylation sites (N-methyl/N-ethyl adjacent to an activating group) is 1. The van der Waals surface area contributed by atoms with E-state index in [2.05, 4.69) is 5.32 Å². The maximum atomic E-state index is 5.99. The fraction of sp³-hybridized carbons (Fsp3) is 1.00. The van der Waals surface area contributed by atoms with Crippen LogP contribution in [0.2, 0.25) is 0 Å². The first kappa shape index (κ1) is 12.0. The van der Waals surface area contributed by atoms with Crippen molar-refractivity contribution in [3.63, 3.8) is 0 Å². The second kappa shape index (κ2) is 6.38. The molecule has 0 aliphatic heterocycles. The summed E-state index contributed by atoms with van der Waals surface area (Å²) in [7, 11) is 3.73. The highest BCUT2D eigenvalue weighted by atomic mass is 16.5. The summed E-state index contributed by atoms with van der Waals surface area (Å²) in [5.74, 6) is 0. The largest absolute Gasteiger partial charge is 0.385 e. The second-order valence-corrected chi connectivity index (χ2v) is 4.12. The first-order valence-electron chi connectivity index (χ1n) is 5.60. The third kappa shape index (κ3) is 3.56. The molecule has 0 bridgehead atoms. The summed E-state index contributed by atoms with van der Waals surface area (Å²) in [6.07, 6.45) is 6.04. The molecule has 0 aromatic carbocycles. The van der Waals surface area contributed by atoms with Gasteiger partial charge in [0.2, 0.25) is 0 Å². The van der Waals surface area contributed by atoms with Crippen LogP contribution in [0, 0.1) is 0 Å². The molecule has 0 aromatic heterocycles. The summed E-state index contributed by atoms with van der Waals surface area (Å²) in [6, 6.07) is 0. The van der Waals surface area contributed by atoms with Crippen LogP contribution in [0.25, 0.3) is 0 Å². The van der Waals surface area contributed by atoms with Gasteiger partial charge in [-0.3, -0.25) is 0 Å². The lowest BCUT2D eigenvalue weighted by Crippen LogP contribution is -2.39. The number of hydrogen-bond donors (Lipinski definition) is 1. The van der Waals surface area contributed by atoms with Crippen LogP contribution in [0.5, 0.6) is 0 Å². The van der Waals surface area contributed by atoms with Crippen molar-refractivity contribution in [2.75, 3.05) is 33.9 Å². The summed E-state index contributed by atoms with van der Waals surface area (Å²) in [5.41, 5.74) is 0.127. The van der Waals surface area contributed by atoms with Gasteiger partial charge in [0.05, 0.1) is 5.60 Å². The maximum Gasteiger partial charge on any atom is 0.0806 e. The fourth-order valence-corrected chi connectivity index (χ4v) is 2.21. The van der Waals surface area contributed by atoms with Gasteiger partial charge in [-0.05, 0) is 26.3 Å². The number of rotatable bonds is 7. The van der Waals surface area contributed by atoms with Crippen molar-refractivity contribution in [3.05, 3.63) is 0 Å². The molecule has 0 atom stereocenters. The zero-order valence-corrected chi connectivity index (χ0v) is 9.47. The van der Waals surface area contributed by atoms with E-state index in [1.807, 2.05) is 7.05 Å². The Hall–Kier alpha value is -0.120. The van der Waals surface area contributed by atoms with Crippen LogP contribution in [-0.4, -0.2) is 39.5 Å². The van der Waals surface area contributed by atoms with E-state index < -0.39 is 0 Å². The number of nitrogens with one attached hydrogen (secondary N) is 1. The van der Waals surface area contributed by atoms with Crippen LogP contribution in [0.15, 0.2) is 0 Å². The SMILES string of the molecule is CNCC1(OCCCOC)CCCC1. The average molecular weight is 201 g/mol. The standard InChI is InChI=1S/C11H23NO2/c1-12-10-11(6-3-4-7-11)14-9-5-8-13-2/h12H,3-10H2,1-2H3. The van der Waals surface area contributed by atoms with E-state index in [1.54, 1.807) is 7.11 Å². The lowest BCUT2D eigenvalue weighted by Gasteiger charge is -2.29. The number of hydrogen-bond acceptors (Lipinski definition) is 3. The Balaban J connectivity index is 2.21. The highest BCUT2D eigenvalue weighted by Gasteiger charge is 2.33. The zero-order valence-electron chi connectivity index (χ0n) is 9.47. The van der Waals surface area contributed by atoms with Crippen molar-refractivity contribution in [1.82, 2.24) is 5.32 Å². The van der Waals surface area contributed by atoms with Crippen LogP contribution < -0.4 is 5.32 Å². The first-order valence-corrected chi connectivity index (χ1v) is 5.60. The molecule has 3 nitrogen and oxygen atoms in total. The highest BCUT2D eigenvalue weighted by Crippen LogP contribution is 2.32. The van der Waals surface area contributed by atoms with E-state index in [1.165, 1.54) is 25.7 Å². The molecule has 1 fully saturated rings. The zero-order chi connectivity index (χ0) is 10.3. The maximum absolute atomic E-state index is 5.99. The van der Waals surface area contributed by atoms with Gasteiger partial charge in [0, 0.05) is 26.9 Å². The quantitative estimate of drug-likeness (QED) is 0.634. The minimum Gasteiger partial charge on any atom is -0.385 e. The normalized spacial score (nSPS) is 20.1. The van der Waals surface area contributed by atoms with Gasteiger partial charge < -0.3 is 14.8 Å². The second-order valence-electron chi connectivity index (χ2n) is 4.12. The molecule has 1 aliphatic rings. The fourth-order valence-electron chi connectivity index (χ4n) is 2.21. The molecule has 84 valence electrons. The Kier molecular flexibility index (Phi) is 5.45. The molecular weight excluding hydrogens is 178 g/mol. The van der Waals surface area contributed by atoms with Gasteiger partial charge in [-0.15, -0.1) is 0 Å². The van der Waals surface area contributed by atoms with Gasteiger partial charge in [-0.2, -0.15) is 0 Å². The predicted molar refractivity (Wildman–Crippen MR) is 57.6 cm³/mol. The van der Waals surface area contributed by atoms with Crippen molar-refractivity contribution >= 4 is 0 Å². The molecule has 1 saturated carbocycles. The van der Waals surface area contributed by atoms with E-state index in [0.29, 0.717) is 0 Å². The summed E-state index contributed by atoms with van der Waals surface area (Å²) in [4.78, 5) is 0. The molecular formula is C11H23NO2. The molecule has 0 radical (unpaired) electrons. The third-order valence-corrected chi connectivity index (χ3v) is 2.91. The summed E-state index contributed by atoms with van der Waals surface area (Å²) in [5, 5.41) is 3.24. The van der Waals surface area contributed by atoms with E-state index in [0.717, 1.165) is 26.2 Å². The smallest absolute Gasteiger partial charge is 0.0806 e. The molecule has 3 heteroatoms. The molecule has 0 saturated heterocycles. The molecule has 1 rings (SSSR count). The van der Waals surface area contributed by atoms with E-state index in [4.69, 9.17) is 9.47 Å². The molecule has 14 heavy (non-hydrogen) atoms. The van der Waals surface area contributed by atoms with Gasteiger partial charge in [0.25, 0.3) is 0 Å². The first-order chi connectivity index (χ1) is 6.83. The molecule has 0 unspecified atom stereocenters. The molecule has 0 spiro atoms. The van der Waals surface area contributed by atoms with E-state index >= 15 is 0 Å². The minimum atomic E-state index is 0.127. The van der Waals surface area contributed by atoms with Gasteiger partial charge in [-0.1, -0.05) is 12.8 Å². The van der Waals surface area contributed by atoms with Gasteiger partial charge >= 0.3 is 0 Å². The summed E-state index contributed by atoms with van der Waals surface area (Å²) >= 11 is 0. The Morgan fingerprint density at radius 1 is 1.21 bits per heavy atom. The Morgan fingerprint density at radius 3 is 2.50 bits per heavy atom. The third-order valence-electron chi connectivity index (χ3n) is 2.91. The van der Waals surface area contributed by atoms with Crippen molar-refractivity contribution in [3.8, 4) is 0 Å². The van der Waals surface area contributed by atoms with Gasteiger partial charge in [0.15, 0.2) is 0 Å². The topological polar surface area (TPSA) is 30.5 Å². The summed E-state index contributed by atoms with van der Waals surface area (Å²) < 4.78 is 11.0. The van der Waals surface area contributed by atoms with Crippen molar-refractivity contribution in [1.29, 1.82) is 0 Å². The molecule has 0 amide bonds. The summed E-state index contributed by atoms with van der Waals surface area (Å²) in [6.45, 7) is 2.62. The molecule has 0 heterocycles. The molecule has 0 aromatic rings. The van der Waals surface area contributed by atoms with Crippen LogP contribution in [0.1, 0.15) is 32.1 Å². The van der Waals surface area contributed by atoms with Crippen LogP contribution in [-0.2, 0) is 9.47 Å². The lowest BCUT2D eigenvalue weighted by molar-refractivity contribution is -0.0440. The van der Waals surface area contributed by atoms with Crippen molar-refractivity contribution in [2.45, 2.75) is 37.7 Å². The Bertz CT molecular complexity index is 144. The van der Waals surface area contributed by atoms with Crippen LogP contribution >= 0.6 is 0 Å². The van der Waals surface area contributed by atoms with Crippen molar-refractivity contribution in [2.24, 2.45) is 0 Å².